The van der Waals surface area contributed by atoms with Crippen LogP contribution in [0.15, 0.2) is 42.5 Å². The molecule has 2 rings (SSSR count). The van der Waals surface area contributed by atoms with Crippen LogP contribution in [0.4, 0.5) is 4.39 Å². The summed E-state index contributed by atoms with van der Waals surface area (Å²) in [6, 6.07) is 11.9. The molecule has 4 heteroatoms. The summed E-state index contributed by atoms with van der Waals surface area (Å²) >= 11 is 5.94. The molecule has 0 aromatic heterocycles. The molecule has 1 unspecified atom stereocenters. The maximum Gasteiger partial charge on any atom is 0.142 e. The maximum absolute atomic E-state index is 13.4. The van der Waals surface area contributed by atoms with Gasteiger partial charge in [-0.3, -0.25) is 0 Å². The molecule has 0 bridgehead atoms. The van der Waals surface area contributed by atoms with Crippen molar-refractivity contribution in [3.8, 4) is 5.75 Å². The van der Waals surface area contributed by atoms with Crippen LogP contribution in [0.1, 0.15) is 17.2 Å². The second-order valence-corrected chi connectivity index (χ2v) is 4.64. The first-order chi connectivity index (χ1) is 9.13. The Morgan fingerprint density at radius 3 is 2.68 bits per heavy atom. The van der Waals surface area contributed by atoms with Crippen LogP contribution < -0.4 is 10.5 Å². The summed E-state index contributed by atoms with van der Waals surface area (Å²) in [5.41, 5.74) is 7.69. The van der Waals surface area contributed by atoms with Crippen LogP contribution in [0.25, 0.3) is 0 Å². The number of benzene rings is 2. The fourth-order valence-electron chi connectivity index (χ4n) is 2.03. The van der Waals surface area contributed by atoms with E-state index in [1.807, 2.05) is 24.3 Å². The van der Waals surface area contributed by atoms with Crippen LogP contribution in [0.2, 0.25) is 5.02 Å². The third kappa shape index (κ3) is 3.06. The van der Waals surface area contributed by atoms with Gasteiger partial charge in [-0.2, -0.15) is 0 Å². The minimum atomic E-state index is -0.449. The van der Waals surface area contributed by atoms with Gasteiger partial charge in [-0.15, -0.1) is 0 Å². The molecule has 19 heavy (non-hydrogen) atoms. The van der Waals surface area contributed by atoms with Crippen molar-refractivity contribution < 1.29 is 9.13 Å². The highest BCUT2D eigenvalue weighted by Crippen LogP contribution is 2.28. The van der Waals surface area contributed by atoms with Gasteiger partial charge in [-0.25, -0.2) is 4.39 Å². The standard InChI is InChI=1S/C15H15ClFNO/c1-19-14-8-3-2-5-10(14)9-13(18)11-6-4-7-12(17)15(11)16/h2-8,13H,9,18H2,1H3. The van der Waals surface area contributed by atoms with Crippen LogP contribution in [0.3, 0.4) is 0 Å². The molecule has 0 amide bonds. The topological polar surface area (TPSA) is 35.2 Å². The number of ether oxygens (including phenoxy) is 1. The van der Waals surface area contributed by atoms with E-state index in [9.17, 15) is 4.39 Å². The summed E-state index contributed by atoms with van der Waals surface area (Å²) in [7, 11) is 1.61. The van der Waals surface area contributed by atoms with Gasteiger partial charge in [0.05, 0.1) is 12.1 Å². The number of hydrogen-bond acceptors (Lipinski definition) is 2. The normalized spacial score (nSPS) is 12.2. The Labute approximate surface area is 117 Å². The van der Waals surface area contributed by atoms with E-state index in [0.29, 0.717) is 12.0 Å². The van der Waals surface area contributed by atoms with E-state index >= 15 is 0 Å². The second-order valence-electron chi connectivity index (χ2n) is 4.27. The Balaban J connectivity index is 2.26. The summed E-state index contributed by atoms with van der Waals surface area (Å²) in [6.07, 6.45) is 0.535. The Morgan fingerprint density at radius 2 is 1.95 bits per heavy atom. The largest absolute Gasteiger partial charge is 0.496 e. The van der Waals surface area contributed by atoms with Gasteiger partial charge in [0.1, 0.15) is 11.6 Å². The first-order valence-electron chi connectivity index (χ1n) is 5.95. The summed E-state index contributed by atoms with van der Waals surface area (Å²) in [6.45, 7) is 0. The first-order valence-corrected chi connectivity index (χ1v) is 6.32. The third-order valence-electron chi connectivity index (χ3n) is 3.01. The van der Waals surface area contributed by atoms with Crippen molar-refractivity contribution in [2.75, 3.05) is 7.11 Å². The van der Waals surface area contributed by atoms with Crippen molar-refractivity contribution in [1.82, 2.24) is 0 Å². The van der Waals surface area contributed by atoms with E-state index in [2.05, 4.69) is 0 Å². The molecule has 100 valence electrons. The molecule has 0 spiro atoms. The quantitative estimate of drug-likeness (QED) is 0.925. The second kappa shape index (κ2) is 6.04. The van der Waals surface area contributed by atoms with Crippen molar-refractivity contribution in [1.29, 1.82) is 0 Å². The van der Waals surface area contributed by atoms with Crippen LogP contribution >= 0.6 is 11.6 Å². The molecule has 0 fully saturated rings. The van der Waals surface area contributed by atoms with E-state index in [-0.39, 0.29) is 11.1 Å². The summed E-state index contributed by atoms with van der Waals surface area (Å²) < 4.78 is 18.7. The third-order valence-corrected chi connectivity index (χ3v) is 3.41. The van der Waals surface area contributed by atoms with Crippen molar-refractivity contribution >= 4 is 11.6 Å². The highest BCUT2D eigenvalue weighted by molar-refractivity contribution is 6.31. The zero-order chi connectivity index (χ0) is 13.8. The lowest BCUT2D eigenvalue weighted by atomic mass is 9.99. The zero-order valence-electron chi connectivity index (χ0n) is 10.6. The Bertz CT molecular complexity index is 574. The zero-order valence-corrected chi connectivity index (χ0v) is 11.3. The highest BCUT2D eigenvalue weighted by atomic mass is 35.5. The van der Waals surface area contributed by atoms with Gasteiger partial charge in [-0.1, -0.05) is 41.9 Å². The van der Waals surface area contributed by atoms with E-state index in [1.54, 1.807) is 19.2 Å². The number of rotatable bonds is 4. The number of halogens is 2. The molecule has 2 aromatic carbocycles. The fourth-order valence-corrected chi connectivity index (χ4v) is 2.29. The lowest BCUT2D eigenvalue weighted by Crippen LogP contribution is -2.14. The Kier molecular flexibility index (Phi) is 4.40. The summed E-state index contributed by atoms with van der Waals surface area (Å²) in [5, 5.41) is 0.0879. The molecule has 0 saturated carbocycles. The molecule has 0 aliphatic rings. The smallest absolute Gasteiger partial charge is 0.142 e. The fraction of sp³-hybridized carbons (Fsp3) is 0.200. The Morgan fingerprint density at radius 1 is 1.21 bits per heavy atom. The van der Waals surface area contributed by atoms with E-state index < -0.39 is 5.82 Å². The van der Waals surface area contributed by atoms with Crippen LogP contribution in [0, 0.1) is 5.82 Å². The number of nitrogens with two attached hydrogens (primary N) is 1. The molecule has 0 aliphatic carbocycles. The van der Waals surface area contributed by atoms with Gasteiger partial charge in [0.15, 0.2) is 0 Å². The van der Waals surface area contributed by atoms with Gasteiger partial charge >= 0.3 is 0 Å². The van der Waals surface area contributed by atoms with Crippen LogP contribution in [0.5, 0.6) is 5.75 Å². The lowest BCUT2D eigenvalue weighted by Gasteiger charge is -2.16. The predicted octanol–water partition coefficient (Wildman–Crippen LogP) is 3.73. The maximum atomic E-state index is 13.4. The van der Waals surface area contributed by atoms with E-state index in [4.69, 9.17) is 22.1 Å². The Hall–Kier alpha value is -1.58. The predicted molar refractivity (Wildman–Crippen MR) is 75.0 cm³/mol. The van der Waals surface area contributed by atoms with E-state index in [1.165, 1.54) is 6.07 Å². The van der Waals surface area contributed by atoms with Crippen molar-refractivity contribution in [2.24, 2.45) is 5.73 Å². The van der Waals surface area contributed by atoms with Crippen molar-refractivity contribution in [2.45, 2.75) is 12.5 Å². The van der Waals surface area contributed by atoms with Gasteiger partial charge in [0, 0.05) is 6.04 Å². The molecule has 2 N–H and O–H groups in total. The number of methoxy groups -OCH3 is 1. The average molecular weight is 280 g/mol. The average Bonchev–Trinajstić information content (AvgIpc) is 2.42. The SMILES string of the molecule is COc1ccccc1CC(N)c1cccc(F)c1Cl. The molecule has 0 radical (unpaired) electrons. The van der Waals surface area contributed by atoms with E-state index in [0.717, 1.165) is 11.3 Å². The van der Waals surface area contributed by atoms with Gasteiger partial charge < -0.3 is 10.5 Å². The molecule has 0 heterocycles. The molecule has 2 aromatic rings. The highest BCUT2D eigenvalue weighted by Gasteiger charge is 2.15. The summed E-state index contributed by atoms with van der Waals surface area (Å²) in [4.78, 5) is 0. The number of para-hydroxylation sites is 1. The minimum absolute atomic E-state index is 0.0879. The monoisotopic (exact) mass is 279 g/mol. The molecular formula is C15H15ClFNO. The van der Waals surface area contributed by atoms with Gasteiger partial charge in [0.25, 0.3) is 0 Å². The molecular weight excluding hydrogens is 265 g/mol. The van der Waals surface area contributed by atoms with Crippen molar-refractivity contribution in [3.63, 3.8) is 0 Å². The van der Waals surface area contributed by atoms with Crippen LogP contribution in [-0.2, 0) is 6.42 Å². The summed E-state index contributed by atoms with van der Waals surface area (Å²) in [5.74, 6) is 0.320. The van der Waals surface area contributed by atoms with Crippen LogP contribution in [-0.4, -0.2) is 7.11 Å². The van der Waals surface area contributed by atoms with Crippen molar-refractivity contribution in [3.05, 3.63) is 64.4 Å². The molecule has 2 nitrogen and oxygen atoms in total. The minimum Gasteiger partial charge on any atom is -0.496 e. The number of hydrogen-bond donors (Lipinski definition) is 1. The first kappa shape index (κ1) is 13.8. The van der Waals surface area contributed by atoms with Gasteiger partial charge in [0.2, 0.25) is 0 Å². The lowest BCUT2D eigenvalue weighted by molar-refractivity contribution is 0.408. The molecule has 0 saturated heterocycles. The molecule has 1 atom stereocenters. The van der Waals surface area contributed by atoms with Gasteiger partial charge in [-0.05, 0) is 29.7 Å². The molecule has 0 aliphatic heterocycles.